The van der Waals surface area contributed by atoms with E-state index in [-0.39, 0.29) is 12.3 Å². The molecule has 0 saturated heterocycles. The van der Waals surface area contributed by atoms with Crippen LogP contribution in [0.3, 0.4) is 0 Å². The molecule has 0 saturated carbocycles. The lowest BCUT2D eigenvalue weighted by molar-refractivity contribution is -0.120. The maximum atomic E-state index is 12.1. The Morgan fingerprint density at radius 1 is 0.889 bits per heavy atom. The van der Waals surface area contributed by atoms with E-state index in [1.54, 1.807) is 7.11 Å². The van der Waals surface area contributed by atoms with Crippen LogP contribution in [0.25, 0.3) is 11.1 Å². The Hall–Kier alpha value is -3.40. The number of hydrogen-bond donors (Lipinski definition) is 1. The fraction of sp³-hybridized carbons (Fsp3) is 0.130. The molecule has 0 aliphatic rings. The summed E-state index contributed by atoms with van der Waals surface area (Å²) in [6.45, 7) is 1.88. The fourth-order valence-electron chi connectivity index (χ4n) is 2.71. The number of nitrogens with one attached hydrogen (secondary N) is 1. The van der Waals surface area contributed by atoms with Crippen LogP contribution in [0.15, 0.2) is 84.0 Å². The van der Waals surface area contributed by atoms with Crippen molar-refractivity contribution in [2.24, 2.45) is 5.10 Å². The van der Waals surface area contributed by atoms with Gasteiger partial charge in [-0.05, 0) is 41.3 Å². The van der Waals surface area contributed by atoms with E-state index in [0.29, 0.717) is 0 Å². The van der Waals surface area contributed by atoms with Crippen molar-refractivity contribution in [1.29, 1.82) is 0 Å². The van der Waals surface area contributed by atoms with Gasteiger partial charge in [0.25, 0.3) is 0 Å². The number of nitrogens with zero attached hydrogens (tertiary/aromatic N) is 1. The number of carbonyl (C=O) groups is 1. The molecule has 0 fully saturated rings. The lowest BCUT2D eigenvalue weighted by Crippen LogP contribution is -2.21. The molecule has 4 heteroatoms. The summed E-state index contributed by atoms with van der Waals surface area (Å²) < 4.78 is 5.12. The molecule has 1 amide bonds. The van der Waals surface area contributed by atoms with Crippen LogP contribution in [-0.2, 0) is 11.2 Å². The number of methoxy groups -OCH3 is 1. The van der Waals surface area contributed by atoms with Gasteiger partial charge in [0.05, 0.1) is 19.2 Å². The summed E-state index contributed by atoms with van der Waals surface area (Å²) in [7, 11) is 1.62. The molecule has 0 aliphatic carbocycles. The number of ether oxygens (including phenoxy) is 1. The Balaban J connectivity index is 1.60. The minimum atomic E-state index is -0.152. The third kappa shape index (κ3) is 5.05. The van der Waals surface area contributed by atoms with E-state index in [1.165, 1.54) is 5.56 Å². The Morgan fingerprint density at radius 2 is 1.52 bits per heavy atom. The summed E-state index contributed by atoms with van der Waals surface area (Å²) in [4.78, 5) is 12.1. The maximum absolute atomic E-state index is 12.1. The second kappa shape index (κ2) is 8.81. The van der Waals surface area contributed by atoms with Crippen molar-refractivity contribution in [3.8, 4) is 16.9 Å². The Bertz CT molecular complexity index is 915. The van der Waals surface area contributed by atoms with Crippen LogP contribution in [0.5, 0.6) is 5.75 Å². The topological polar surface area (TPSA) is 50.7 Å². The molecule has 0 spiro atoms. The van der Waals surface area contributed by atoms with E-state index in [2.05, 4.69) is 34.8 Å². The SMILES string of the molecule is COc1ccc(CC(=O)NN=C(C)c2ccc(-c3ccccc3)cc2)cc1. The van der Waals surface area contributed by atoms with Crippen LogP contribution < -0.4 is 10.2 Å². The zero-order chi connectivity index (χ0) is 19.1. The van der Waals surface area contributed by atoms with Gasteiger partial charge in [0.2, 0.25) is 5.91 Å². The van der Waals surface area contributed by atoms with E-state index in [1.807, 2.05) is 61.5 Å². The largest absolute Gasteiger partial charge is 0.497 e. The number of rotatable bonds is 6. The van der Waals surface area contributed by atoms with Gasteiger partial charge >= 0.3 is 0 Å². The Morgan fingerprint density at radius 3 is 2.15 bits per heavy atom. The van der Waals surface area contributed by atoms with Crippen molar-refractivity contribution in [1.82, 2.24) is 5.43 Å². The van der Waals surface area contributed by atoms with Gasteiger partial charge in [-0.1, -0.05) is 66.7 Å². The monoisotopic (exact) mass is 358 g/mol. The Labute approximate surface area is 159 Å². The van der Waals surface area contributed by atoms with Crippen molar-refractivity contribution >= 4 is 11.6 Å². The smallest absolute Gasteiger partial charge is 0.244 e. The van der Waals surface area contributed by atoms with Gasteiger partial charge in [-0.2, -0.15) is 5.10 Å². The minimum Gasteiger partial charge on any atom is -0.497 e. The highest BCUT2D eigenvalue weighted by atomic mass is 16.5. The quantitative estimate of drug-likeness (QED) is 0.523. The van der Waals surface area contributed by atoms with E-state index in [0.717, 1.165) is 28.2 Å². The number of hydrogen-bond acceptors (Lipinski definition) is 3. The molecule has 0 unspecified atom stereocenters. The summed E-state index contributed by atoms with van der Waals surface area (Å²) >= 11 is 0. The van der Waals surface area contributed by atoms with E-state index < -0.39 is 0 Å². The number of amides is 1. The molecule has 1 N–H and O–H groups in total. The first-order valence-electron chi connectivity index (χ1n) is 8.77. The van der Waals surface area contributed by atoms with Crippen molar-refractivity contribution in [2.45, 2.75) is 13.3 Å². The van der Waals surface area contributed by atoms with Crippen molar-refractivity contribution < 1.29 is 9.53 Å². The van der Waals surface area contributed by atoms with E-state index in [4.69, 9.17) is 4.74 Å². The van der Waals surface area contributed by atoms with Gasteiger partial charge in [0.15, 0.2) is 0 Å². The first kappa shape index (κ1) is 18.4. The molecule has 136 valence electrons. The van der Waals surface area contributed by atoms with Crippen LogP contribution >= 0.6 is 0 Å². The van der Waals surface area contributed by atoms with Crippen molar-refractivity contribution in [2.75, 3.05) is 7.11 Å². The summed E-state index contributed by atoms with van der Waals surface area (Å²) in [5.74, 6) is 0.618. The fourth-order valence-corrected chi connectivity index (χ4v) is 2.71. The lowest BCUT2D eigenvalue weighted by atomic mass is 10.0. The summed E-state index contributed by atoms with van der Waals surface area (Å²) in [6, 6.07) is 25.8. The second-order valence-corrected chi connectivity index (χ2v) is 6.20. The average molecular weight is 358 g/mol. The first-order valence-corrected chi connectivity index (χ1v) is 8.77. The molecule has 0 aliphatic heterocycles. The molecule has 4 nitrogen and oxygen atoms in total. The van der Waals surface area contributed by atoms with Gasteiger partial charge in [-0.25, -0.2) is 5.43 Å². The summed E-state index contributed by atoms with van der Waals surface area (Å²) in [6.07, 6.45) is 0.272. The highest BCUT2D eigenvalue weighted by Crippen LogP contribution is 2.19. The molecule has 0 atom stereocenters. The average Bonchev–Trinajstić information content (AvgIpc) is 2.73. The molecule has 0 aromatic heterocycles. The van der Waals surface area contributed by atoms with Crippen LogP contribution in [-0.4, -0.2) is 18.7 Å². The van der Waals surface area contributed by atoms with E-state index in [9.17, 15) is 4.79 Å². The van der Waals surface area contributed by atoms with Crippen LogP contribution in [0.4, 0.5) is 0 Å². The van der Waals surface area contributed by atoms with Crippen molar-refractivity contribution in [3.05, 3.63) is 90.0 Å². The van der Waals surface area contributed by atoms with Crippen LogP contribution in [0, 0.1) is 0 Å². The molecule has 27 heavy (non-hydrogen) atoms. The van der Waals surface area contributed by atoms with Gasteiger partial charge in [-0.3, -0.25) is 4.79 Å². The molecule has 0 bridgehead atoms. The van der Waals surface area contributed by atoms with Gasteiger partial charge < -0.3 is 4.74 Å². The zero-order valence-corrected chi connectivity index (χ0v) is 15.5. The van der Waals surface area contributed by atoms with Gasteiger partial charge in [0, 0.05) is 0 Å². The zero-order valence-electron chi connectivity index (χ0n) is 15.5. The first-order chi connectivity index (χ1) is 13.2. The predicted octanol–water partition coefficient (Wildman–Crippen LogP) is 4.45. The van der Waals surface area contributed by atoms with Gasteiger partial charge in [-0.15, -0.1) is 0 Å². The third-order valence-corrected chi connectivity index (χ3v) is 4.28. The lowest BCUT2D eigenvalue weighted by Gasteiger charge is -2.06. The normalized spacial score (nSPS) is 11.1. The minimum absolute atomic E-state index is 0.152. The summed E-state index contributed by atoms with van der Waals surface area (Å²) in [5, 5.41) is 4.22. The molecule has 3 rings (SSSR count). The highest BCUT2D eigenvalue weighted by Gasteiger charge is 2.04. The molecule has 0 heterocycles. The Kier molecular flexibility index (Phi) is 6.00. The standard InChI is InChI=1S/C23H22N2O2/c1-17(19-10-12-21(13-11-19)20-6-4-3-5-7-20)24-25-23(26)16-18-8-14-22(27-2)15-9-18/h3-15H,16H2,1-2H3,(H,25,26). The van der Waals surface area contributed by atoms with Crippen molar-refractivity contribution in [3.63, 3.8) is 0 Å². The van der Waals surface area contributed by atoms with Crippen LogP contribution in [0.1, 0.15) is 18.1 Å². The third-order valence-electron chi connectivity index (χ3n) is 4.28. The molecular formula is C23H22N2O2. The molecule has 3 aromatic carbocycles. The number of carbonyl (C=O) groups excluding carboxylic acids is 1. The van der Waals surface area contributed by atoms with E-state index >= 15 is 0 Å². The molecular weight excluding hydrogens is 336 g/mol. The number of hydrazone groups is 1. The molecule has 3 aromatic rings. The number of benzene rings is 3. The highest BCUT2D eigenvalue weighted by molar-refractivity contribution is 5.99. The molecule has 0 radical (unpaired) electrons. The second-order valence-electron chi connectivity index (χ2n) is 6.20. The van der Waals surface area contributed by atoms with Gasteiger partial charge in [0.1, 0.15) is 5.75 Å². The summed E-state index contributed by atoms with van der Waals surface area (Å²) in [5.41, 5.74) is 7.59. The van der Waals surface area contributed by atoms with Crippen LogP contribution in [0.2, 0.25) is 0 Å². The maximum Gasteiger partial charge on any atom is 0.244 e. The predicted molar refractivity (Wildman–Crippen MR) is 109 cm³/mol.